The summed E-state index contributed by atoms with van der Waals surface area (Å²) in [6.07, 6.45) is 7.75. The van der Waals surface area contributed by atoms with E-state index >= 15 is 0 Å². The van der Waals surface area contributed by atoms with Crippen LogP contribution in [0.5, 0.6) is 0 Å². The average Bonchev–Trinajstić information content (AvgIpc) is 2.17. The van der Waals surface area contributed by atoms with Crippen LogP contribution in [0, 0.1) is 5.41 Å². The third-order valence-electron chi connectivity index (χ3n) is 3.36. The van der Waals surface area contributed by atoms with E-state index in [1.807, 2.05) is 0 Å². The first-order valence-corrected chi connectivity index (χ1v) is 6.05. The van der Waals surface area contributed by atoms with Crippen molar-refractivity contribution in [1.82, 2.24) is 5.32 Å². The molecule has 0 aliphatic heterocycles. The normalized spacial score (nSPS) is 20.1. The molecule has 2 N–H and O–H groups in total. The van der Waals surface area contributed by atoms with Crippen LogP contribution in [-0.4, -0.2) is 24.2 Å². The van der Waals surface area contributed by atoms with Crippen LogP contribution >= 0.6 is 0 Å². The highest BCUT2D eigenvalue weighted by Crippen LogP contribution is 2.34. The molecule has 0 aromatic carbocycles. The fourth-order valence-corrected chi connectivity index (χ4v) is 2.34. The molecular formula is C12H23NO2. The van der Waals surface area contributed by atoms with E-state index in [4.69, 9.17) is 5.11 Å². The minimum atomic E-state index is -0.694. The molecule has 1 fully saturated rings. The Kier molecular flexibility index (Phi) is 5.09. The van der Waals surface area contributed by atoms with Crippen LogP contribution in [0.3, 0.4) is 0 Å². The zero-order valence-corrected chi connectivity index (χ0v) is 9.72. The summed E-state index contributed by atoms with van der Waals surface area (Å²) in [5.41, 5.74) is 0.460. The highest BCUT2D eigenvalue weighted by atomic mass is 16.4. The molecular weight excluding hydrogens is 190 g/mol. The van der Waals surface area contributed by atoms with E-state index in [1.54, 1.807) is 0 Å². The quantitative estimate of drug-likeness (QED) is 0.666. The smallest absolute Gasteiger partial charge is 0.303 e. The van der Waals surface area contributed by atoms with Crippen LogP contribution in [0.4, 0.5) is 0 Å². The Balaban J connectivity index is 2.05. The lowest BCUT2D eigenvalue weighted by atomic mass is 9.76. The lowest BCUT2D eigenvalue weighted by molar-refractivity contribution is -0.137. The topological polar surface area (TPSA) is 49.3 Å². The third-order valence-corrected chi connectivity index (χ3v) is 3.36. The molecule has 0 saturated heterocycles. The maximum Gasteiger partial charge on any atom is 0.303 e. The van der Waals surface area contributed by atoms with Gasteiger partial charge in [-0.3, -0.25) is 4.79 Å². The Morgan fingerprint density at radius 1 is 1.33 bits per heavy atom. The van der Waals surface area contributed by atoms with E-state index in [0.717, 1.165) is 19.5 Å². The SMILES string of the molecule is CC1(CNCCCC(=O)O)CCCCC1. The van der Waals surface area contributed by atoms with Crippen molar-refractivity contribution >= 4 is 5.97 Å². The Bertz CT molecular complexity index is 198. The molecule has 0 heterocycles. The van der Waals surface area contributed by atoms with Crippen LogP contribution in [-0.2, 0) is 4.79 Å². The Hall–Kier alpha value is -0.570. The molecule has 88 valence electrons. The van der Waals surface area contributed by atoms with Crippen molar-refractivity contribution in [1.29, 1.82) is 0 Å². The van der Waals surface area contributed by atoms with Gasteiger partial charge in [-0.25, -0.2) is 0 Å². The highest BCUT2D eigenvalue weighted by Gasteiger charge is 2.25. The number of carboxylic acid groups (broad SMARTS) is 1. The molecule has 0 atom stereocenters. The van der Waals surface area contributed by atoms with Crippen molar-refractivity contribution in [3.63, 3.8) is 0 Å². The third kappa shape index (κ3) is 5.17. The average molecular weight is 213 g/mol. The lowest BCUT2D eigenvalue weighted by Crippen LogP contribution is -2.34. The molecule has 3 heteroatoms. The number of carbonyl (C=O) groups is 1. The zero-order valence-electron chi connectivity index (χ0n) is 9.72. The second kappa shape index (κ2) is 6.11. The van der Waals surface area contributed by atoms with Crippen LogP contribution in [0.15, 0.2) is 0 Å². The van der Waals surface area contributed by atoms with Gasteiger partial charge in [-0.05, 0) is 31.2 Å². The number of rotatable bonds is 6. The van der Waals surface area contributed by atoms with Gasteiger partial charge in [0.15, 0.2) is 0 Å². The first kappa shape index (κ1) is 12.5. The summed E-state index contributed by atoms with van der Waals surface area (Å²) in [7, 11) is 0. The van der Waals surface area contributed by atoms with Gasteiger partial charge in [-0.1, -0.05) is 26.2 Å². The molecule has 15 heavy (non-hydrogen) atoms. The van der Waals surface area contributed by atoms with Crippen molar-refractivity contribution in [3.05, 3.63) is 0 Å². The Morgan fingerprint density at radius 3 is 2.60 bits per heavy atom. The summed E-state index contributed by atoms with van der Waals surface area (Å²) in [5, 5.41) is 11.9. The molecule has 1 saturated carbocycles. The molecule has 1 aliphatic carbocycles. The minimum Gasteiger partial charge on any atom is -0.481 e. The molecule has 0 aromatic rings. The molecule has 0 unspecified atom stereocenters. The van der Waals surface area contributed by atoms with E-state index < -0.39 is 5.97 Å². The Morgan fingerprint density at radius 2 is 2.00 bits per heavy atom. The van der Waals surface area contributed by atoms with Crippen molar-refractivity contribution in [3.8, 4) is 0 Å². The molecule has 0 radical (unpaired) electrons. The molecule has 0 spiro atoms. The van der Waals surface area contributed by atoms with E-state index in [9.17, 15) is 4.79 Å². The maximum atomic E-state index is 10.3. The summed E-state index contributed by atoms with van der Waals surface area (Å²) in [4.78, 5) is 10.3. The van der Waals surface area contributed by atoms with E-state index in [2.05, 4.69) is 12.2 Å². The fraction of sp³-hybridized carbons (Fsp3) is 0.917. The molecule has 1 aliphatic rings. The van der Waals surface area contributed by atoms with E-state index in [-0.39, 0.29) is 6.42 Å². The molecule has 0 amide bonds. The predicted molar refractivity (Wildman–Crippen MR) is 60.9 cm³/mol. The molecule has 1 rings (SSSR count). The lowest BCUT2D eigenvalue weighted by Gasteiger charge is -2.33. The number of nitrogens with one attached hydrogen (secondary N) is 1. The van der Waals surface area contributed by atoms with Crippen LogP contribution in [0.25, 0.3) is 0 Å². The second-order valence-electron chi connectivity index (χ2n) is 5.05. The first-order valence-electron chi connectivity index (χ1n) is 6.05. The van der Waals surface area contributed by atoms with Crippen molar-refractivity contribution < 1.29 is 9.90 Å². The maximum absolute atomic E-state index is 10.3. The second-order valence-corrected chi connectivity index (χ2v) is 5.05. The Labute approximate surface area is 92.3 Å². The standard InChI is InChI=1S/C12H23NO2/c1-12(7-3-2-4-8-12)10-13-9-5-6-11(14)15/h13H,2-10H2,1H3,(H,14,15). The predicted octanol–water partition coefficient (Wildman–Crippen LogP) is 2.41. The number of aliphatic carboxylic acids is 1. The first-order chi connectivity index (χ1) is 7.12. The van der Waals surface area contributed by atoms with Gasteiger partial charge >= 0.3 is 5.97 Å². The fourth-order valence-electron chi connectivity index (χ4n) is 2.34. The van der Waals surface area contributed by atoms with Gasteiger partial charge in [-0.2, -0.15) is 0 Å². The number of hydrogen-bond acceptors (Lipinski definition) is 2. The summed E-state index contributed by atoms with van der Waals surface area (Å²) >= 11 is 0. The highest BCUT2D eigenvalue weighted by molar-refractivity contribution is 5.66. The van der Waals surface area contributed by atoms with Gasteiger partial charge in [0.05, 0.1) is 0 Å². The number of carboxylic acids is 1. The molecule has 3 nitrogen and oxygen atoms in total. The van der Waals surface area contributed by atoms with Gasteiger partial charge < -0.3 is 10.4 Å². The molecule has 0 aromatic heterocycles. The largest absolute Gasteiger partial charge is 0.481 e. The van der Waals surface area contributed by atoms with Crippen LogP contribution in [0.2, 0.25) is 0 Å². The summed E-state index contributed by atoms with van der Waals surface area (Å²) in [5.74, 6) is -0.694. The summed E-state index contributed by atoms with van der Waals surface area (Å²) in [6.45, 7) is 4.23. The van der Waals surface area contributed by atoms with Gasteiger partial charge in [-0.15, -0.1) is 0 Å². The van der Waals surface area contributed by atoms with Crippen LogP contribution in [0.1, 0.15) is 51.9 Å². The van der Waals surface area contributed by atoms with Gasteiger partial charge in [0.2, 0.25) is 0 Å². The van der Waals surface area contributed by atoms with Gasteiger partial charge in [0.1, 0.15) is 0 Å². The van der Waals surface area contributed by atoms with Crippen molar-refractivity contribution in [2.45, 2.75) is 51.9 Å². The van der Waals surface area contributed by atoms with Crippen molar-refractivity contribution in [2.75, 3.05) is 13.1 Å². The van der Waals surface area contributed by atoms with Gasteiger partial charge in [0, 0.05) is 13.0 Å². The van der Waals surface area contributed by atoms with E-state index in [0.29, 0.717) is 5.41 Å². The van der Waals surface area contributed by atoms with Crippen LogP contribution < -0.4 is 5.32 Å². The summed E-state index contributed by atoms with van der Waals surface area (Å²) < 4.78 is 0. The number of hydrogen-bond donors (Lipinski definition) is 2. The summed E-state index contributed by atoms with van der Waals surface area (Å²) in [6, 6.07) is 0. The van der Waals surface area contributed by atoms with Gasteiger partial charge in [0.25, 0.3) is 0 Å². The molecule has 0 bridgehead atoms. The monoisotopic (exact) mass is 213 g/mol. The zero-order chi connectivity index (χ0) is 11.1. The minimum absolute atomic E-state index is 0.281. The van der Waals surface area contributed by atoms with E-state index in [1.165, 1.54) is 32.1 Å². The van der Waals surface area contributed by atoms with Crippen molar-refractivity contribution in [2.24, 2.45) is 5.41 Å².